The SMILES string of the molecule is CCCNC(=O)[C@H](C)NC(=O)COC(=O)c1ccc(OC)c(F)c1. The van der Waals surface area contributed by atoms with E-state index >= 15 is 0 Å². The number of amides is 2. The Morgan fingerprint density at radius 3 is 2.58 bits per heavy atom. The number of ether oxygens (including phenoxy) is 2. The van der Waals surface area contributed by atoms with Crippen LogP contribution >= 0.6 is 0 Å². The van der Waals surface area contributed by atoms with Gasteiger partial charge in [0.25, 0.3) is 5.91 Å². The van der Waals surface area contributed by atoms with E-state index < -0.39 is 30.3 Å². The van der Waals surface area contributed by atoms with Gasteiger partial charge < -0.3 is 20.1 Å². The quantitative estimate of drug-likeness (QED) is 0.689. The summed E-state index contributed by atoms with van der Waals surface area (Å²) < 4.78 is 23.0. The number of hydrogen-bond donors (Lipinski definition) is 2. The number of carbonyl (C=O) groups excluding carboxylic acids is 3. The van der Waals surface area contributed by atoms with Crippen LogP contribution in [0.5, 0.6) is 5.75 Å². The summed E-state index contributed by atoms with van der Waals surface area (Å²) in [4.78, 5) is 35.1. The number of rotatable bonds is 8. The summed E-state index contributed by atoms with van der Waals surface area (Å²) >= 11 is 0. The summed E-state index contributed by atoms with van der Waals surface area (Å²) in [6.07, 6.45) is 0.780. The maximum atomic E-state index is 13.5. The molecule has 0 aromatic heterocycles. The van der Waals surface area contributed by atoms with Crippen LogP contribution in [-0.2, 0) is 14.3 Å². The Hall–Kier alpha value is -2.64. The molecule has 0 fully saturated rings. The lowest BCUT2D eigenvalue weighted by molar-refractivity contribution is -0.130. The second-order valence-corrected chi connectivity index (χ2v) is 5.01. The third-order valence-corrected chi connectivity index (χ3v) is 3.04. The number of methoxy groups -OCH3 is 1. The normalized spacial score (nSPS) is 11.3. The summed E-state index contributed by atoms with van der Waals surface area (Å²) in [5.74, 6) is -2.52. The van der Waals surface area contributed by atoms with E-state index in [2.05, 4.69) is 10.6 Å². The van der Waals surface area contributed by atoms with Crippen molar-refractivity contribution in [2.75, 3.05) is 20.3 Å². The number of carbonyl (C=O) groups is 3. The molecule has 0 unspecified atom stereocenters. The third-order valence-electron chi connectivity index (χ3n) is 3.04. The van der Waals surface area contributed by atoms with Crippen molar-refractivity contribution in [1.82, 2.24) is 10.6 Å². The minimum absolute atomic E-state index is 0.00351. The topological polar surface area (TPSA) is 93.7 Å². The molecule has 2 N–H and O–H groups in total. The Morgan fingerprint density at radius 1 is 1.29 bits per heavy atom. The van der Waals surface area contributed by atoms with Crippen molar-refractivity contribution in [3.8, 4) is 5.75 Å². The average Bonchev–Trinajstić information content (AvgIpc) is 2.57. The van der Waals surface area contributed by atoms with Gasteiger partial charge in [-0.05, 0) is 31.5 Å². The van der Waals surface area contributed by atoms with Crippen molar-refractivity contribution < 1.29 is 28.2 Å². The fourth-order valence-electron chi connectivity index (χ4n) is 1.76. The van der Waals surface area contributed by atoms with Crippen LogP contribution in [0.15, 0.2) is 18.2 Å². The van der Waals surface area contributed by atoms with E-state index in [1.807, 2.05) is 6.92 Å². The fraction of sp³-hybridized carbons (Fsp3) is 0.438. The van der Waals surface area contributed by atoms with Crippen LogP contribution in [0.1, 0.15) is 30.6 Å². The summed E-state index contributed by atoms with van der Waals surface area (Å²) in [6.45, 7) is 3.36. The Morgan fingerprint density at radius 2 is 2.00 bits per heavy atom. The van der Waals surface area contributed by atoms with Gasteiger partial charge in [0.15, 0.2) is 18.2 Å². The molecule has 0 bridgehead atoms. The maximum Gasteiger partial charge on any atom is 0.338 e. The molecule has 24 heavy (non-hydrogen) atoms. The average molecular weight is 340 g/mol. The molecule has 0 aliphatic heterocycles. The molecular formula is C16H21FN2O5. The number of benzene rings is 1. The van der Waals surface area contributed by atoms with Crippen LogP contribution in [0, 0.1) is 5.82 Å². The Kier molecular flexibility index (Phi) is 7.67. The van der Waals surface area contributed by atoms with Gasteiger partial charge in [-0.15, -0.1) is 0 Å². The van der Waals surface area contributed by atoms with Gasteiger partial charge in [-0.1, -0.05) is 6.92 Å². The van der Waals surface area contributed by atoms with Crippen LogP contribution in [0.3, 0.4) is 0 Å². The van der Waals surface area contributed by atoms with Gasteiger partial charge in [0, 0.05) is 6.54 Å². The number of halogens is 1. The van der Waals surface area contributed by atoms with Crippen molar-refractivity contribution in [1.29, 1.82) is 0 Å². The molecule has 2 amide bonds. The Balaban J connectivity index is 2.47. The molecule has 0 spiro atoms. The summed E-state index contributed by atoms with van der Waals surface area (Å²) in [6, 6.07) is 2.82. The van der Waals surface area contributed by atoms with Gasteiger partial charge in [-0.3, -0.25) is 9.59 Å². The van der Waals surface area contributed by atoms with Gasteiger partial charge in [0.1, 0.15) is 6.04 Å². The van der Waals surface area contributed by atoms with Gasteiger partial charge >= 0.3 is 5.97 Å². The predicted molar refractivity (Wildman–Crippen MR) is 84.1 cm³/mol. The molecule has 1 rings (SSSR count). The minimum atomic E-state index is -0.852. The first-order chi connectivity index (χ1) is 11.4. The van der Waals surface area contributed by atoms with Crippen LogP contribution < -0.4 is 15.4 Å². The van der Waals surface area contributed by atoms with E-state index in [9.17, 15) is 18.8 Å². The van der Waals surface area contributed by atoms with Crippen molar-refractivity contribution in [2.45, 2.75) is 26.3 Å². The van der Waals surface area contributed by atoms with Gasteiger partial charge in [-0.25, -0.2) is 9.18 Å². The first kappa shape index (κ1) is 19.4. The summed E-state index contributed by atoms with van der Waals surface area (Å²) in [5.41, 5.74) is -0.0464. The molecule has 1 aromatic carbocycles. The van der Waals surface area contributed by atoms with Gasteiger partial charge in [0.05, 0.1) is 12.7 Å². The zero-order valence-corrected chi connectivity index (χ0v) is 13.8. The van der Waals surface area contributed by atoms with E-state index in [1.165, 1.54) is 26.2 Å². The zero-order valence-electron chi connectivity index (χ0n) is 13.8. The Bertz CT molecular complexity index is 606. The minimum Gasteiger partial charge on any atom is -0.494 e. The van der Waals surface area contributed by atoms with Crippen LogP contribution in [0.2, 0.25) is 0 Å². The van der Waals surface area contributed by atoms with Crippen molar-refractivity contribution in [2.24, 2.45) is 0 Å². The predicted octanol–water partition coefficient (Wildman–Crippen LogP) is 1.02. The molecule has 0 heterocycles. The number of nitrogens with one attached hydrogen (secondary N) is 2. The lowest BCUT2D eigenvalue weighted by atomic mass is 10.2. The second-order valence-electron chi connectivity index (χ2n) is 5.01. The van der Waals surface area contributed by atoms with E-state index in [4.69, 9.17) is 9.47 Å². The first-order valence-electron chi connectivity index (χ1n) is 7.46. The molecule has 1 aromatic rings. The molecule has 1 atom stereocenters. The van der Waals surface area contributed by atoms with Crippen molar-refractivity contribution >= 4 is 17.8 Å². The molecule has 132 valence electrons. The highest BCUT2D eigenvalue weighted by atomic mass is 19.1. The molecule has 7 nitrogen and oxygen atoms in total. The molecule has 0 aliphatic rings. The number of hydrogen-bond acceptors (Lipinski definition) is 5. The van der Waals surface area contributed by atoms with Gasteiger partial charge in [-0.2, -0.15) is 0 Å². The van der Waals surface area contributed by atoms with E-state index in [0.717, 1.165) is 12.5 Å². The van der Waals surface area contributed by atoms with E-state index in [-0.39, 0.29) is 17.2 Å². The summed E-state index contributed by atoms with van der Waals surface area (Å²) in [5, 5.41) is 5.03. The molecule has 8 heteroatoms. The van der Waals surface area contributed by atoms with Gasteiger partial charge in [0.2, 0.25) is 5.91 Å². The smallest absolute Gasteiger partial charge is 0.338 e. The highest BCUT2D eigenvalue weighted by molar-refractivity contribution is 5.92. The molecular weight excluding hydrogens is 319 g/mol. The van der Waals surface area contributed by atoms with Crippen LogP contribution in [0.25, 0.3) is 0 Å². The lowest BCUT2D eigenvalue weighted by Crippen LogP contribution is -2.46. The second kappa shape index (κ2) is 9.49. The van der Waals surface area contributed by atoms with Crippen molar-refractivity contribution in [3.05, 3.63) is 29.6 Å². The highest BCUT2D eigenvalue weighted by Gasteiger charge is 2.17. The largest absolute Gasteiger partial charge is 0.494 e. The lowest BCUT2D eigenvalue weighted by Gasteiger charge is -2.13. The fourth-order valence-corrected chi connectivity index (χ4v) is 1.76. The van der Waals surface area contributed by atoms with E-state index in [1.54, 1.807) is 0 Å². The monoisotopic (exact) mass is 340 g/mol. The Labute approximate surface area is 139 Å². The first-order valence-corrected chi connectivity index (χ1v) is 7.46. The number of esters is 1. The molecule has 0 saturated carbocycles. The zero-order chi connectivity index (χ0) is 18.1. The molecule has 0 aliphatic carbocycles. The highest BCUT2D eigenvalue weighted by Crippen LogP contribution is 2.18. The van der Waals surface area contributed by atoms with E-state index in [0.29, 0.717) is 6.54 Å². The van der Waals surface area contributed by atoms with Crippen LogP contribution in [0.4, 0.5) is 4.39 Å². The standard InChI is InChI=1S/C16H21FN2O5/c1-4-7-18-15(21)10(2)19-14(20)9-24-16(22)11-5-6-13(23-3)12(17)8-11/h5-6,8,10H,4,7,9H2,1-3H3,(H,18,21)(H,19,20)/t10-/m0/s1. The summed E-state index contributed by atoms with van der Waals surface area (Å²) in [7, 11) is 1.30. The molecule has 0 saturated heterocycles. The molecule has 0 radical (unpaired) electrons. The maximum absolute atomic E-state index is 13.5. The third kappa shape index (κ3) is 5.86. The van der Waals surface area contributed by atoms with Crippen LogP contribution in [-0.4, -0.2) is 44.1 Å². The van der Waals surface area contributed by atoms with Crippen molar-refractivity contribution in [3.63, 3.8) is 0 Å².